The molecule has 14 heavy (non-hydrogen) atoms. The molecule has 0 aromatic rings. The molecular formula is C9H20N2O3. The number of hydrogen-bond acceptors (Lipinski definition) is 4. The number of hydrazine groups is 1. The van der Waals surface area contributed by atoms with Gasteiger partial charge in [0.2, 0.25) is 5.91 Å². The second-order valence-electron chi connectivity index (χ2n) is 3.89. The average molecular weight is 204 g/mol. The minimum atomic E-state index is -0.221. The summed E-state index contributed by atoms with van der Waals surface area (Å²) in [6.45, 7) is 7.35. The van der Waals surface area contributed by atoms with Crippen LogP contribution in [0, 0.1) is 0 Å². The molecule has 0 radical (unpaired) electrons. The molecule has 0 saturated heterocycles. The van der Waals surface area contributed by atoms with Gasteiger partial charge >= 0.3 is 0 Å². The van der Waals surface area contributed by atoms with E-state index in [1.54, 1.807) is 0 Å². The number of rotatable bonds is 6. The number of carbonyl (C=O) groups excluding carboxylic acids is 1. The van der Waals surface area contributed by atoms with E-state index in [1.807, 2.05) is 26.2 Å². The summed E-state index contributed by atoms with van der Waals surface area (Å²) in [6, 6.07) is 0. The topological polar surface area (TPSA) is 73.6 Å². The van der Waals surface area contributed by atoms with E-state index < -0.39 is 0 Å². The van der Waals surface area contributed by atoms with Crippen LogP contribution in [0.4, 0.5) is 0 Å². The number of hydrogen-bond donors (Lipinski definition) is 2. The molecule has 1 amide bonds. The highest BCUT2D eigenvalue weighted by Gasteiger charge is 2.08. The smallest absolute Gasteiger partial charge is 0.236 e. The number of carbonyl (C=O) groups is 1. The lowest BCUT2D eigenvalue weighted by Crippen LogP contribution is -2.30. The van der Waals surface area contributed by atoms with Crippen LogP contribution < -0.4 is 11.3 Å². The third kappa shape index (κ3) is 9.44. The van der Waals surface area contributed by atoms with Crippen molar-refractivity contribution in [1.29, 1.82) is 0 Å². The Morgan fingerprint density at radius 3 is 2.43 bits per heavy atom. The van der Waals surface area contributed by atoms with Gasteiger partial charge in [-0.1, -0.05) is 0 Å². The van der Waals surface area contributed by atoms with Gasteiger partial charge in [-0.05, 0) is 20.8 Å². The van der Waals surface area contributed by atoms with Crippen LogP contribution in [0.3, 0.4) is 0 Å². The molecule has 0 heterocycles. The Bertz CT molecular complexity index is 166. The SMILES string of the molecule is CC(C)(C)OCCOCCC(=O)NN. The highest BCUT2D eigenvalue weighted by Crippen LogP contribution is 2.05. The van der Waals surface area contributed by atoms with Gasteiger partial charge in [0.15, 0.2) is 0 Å². The highest BCUT2D eigenvalue weighted by atomic mass is 16.5. The largest absolute Gasteiger partial charge is 0.379 e. The zero-order chi connectivity index (χ0) is 11.0. The van der Waals surface area contributed by atoms with Crippen molar-refractivity contribution in [2.75, 3.05) is 19.8 Å². The molecule has 84 valence electrons. The first kappa shape index (κ1) is 13.4. The molecule has 0 fully saturated rings. The fourth-order valence-corrected chi connectivity index (χ4v) is 0.746. The van der Waals surface area contributed by atoms with Gasteiger partial charge in [0, 0.05) is 0 Å². The lowest BCUT2D eigenvalue weighted by molar-refractivity contribution is -0.122. The van der Waals surface area contributed by atoms with Crippen molar-refractivity contribution in [2.24, 2.45) is 5.84 Å². The molecular weight excluding hydrogens is 184 g/mol. The third-order valence-corrected chi connectivity index (χ3v) is 1.40. The summed E-state index contributed by atoms with van der Waals surface area (Å²) in [7, 11) is 0. The predicted octanol–water partition coefficient (Wildman–Crippen LogP) is 0.198. The quantitative estimate of drug-likeness (QED) is 0.280. The molecule has 0 atom stereocenters. The van der Waals surface area contributed by atoms with Crippen molar-refractivity contribution in [3.8, 4) is 0 Å². The van der Waals surface area contributed by atoms with Crippen LogP contribution in [0.2, 0.25) is 0 Å². The fourth-order valence-electron chi connectivity index (χ4n) is 0.746. The van der Waals surface area contributed by atoms with Crippen molar-refractivity contribution in [3.63, 3.8) is 0 Å². The summed E-state index contributed by atoms with van der Waals surface area (Å²) in [6.07, 6.45) is 0.284. The van der Waals surface area contributed by atoms with Crippen LogP contribution in [0.15, 0.2) is 0 Å². The first-order valence-electron chi connectivity index (χ1n) is 4.67. The van der Waals surface area contributed by atoms with Crippen molar-refractivity contribution < 1.29 is 14.3 Å². The maximum atomic E-state index is 10.7. The molecule has 0 rings (SSSR count). The van der Waals surface area contributed by atoms with E-state index in [4.69, 9.17) is 15.3 Å². The van der Waals surface area contributed by atoms with E-state index in [9.17, 15) is 4.79 Å². The monoisotopic (exact) mass is 204 g/mol. The zero-order valence-electron chi connectivity index (χ0n) is 9.13. The minimum Gasteiger partial charge on any atom is -0.379 e. The second kappa shape index (κ2) is 6.75. The zero-order valence-corrected chi connectivity index (χ0v) is 9.13. The van der Waals surface area contributed by atoms with E-state index in [1.165, 1.54) is 0 Å². The fraction of sp³-hybridized carbons (Fsp3) is 0.889. The van der Waals surface area contributed by atoms with Gasteiger partial charge in [0.25, 0.3) is 0 Å². The Labute approximate surface area is 84.9 Å². The standard InChI is InChI=1S/C9H20N2O3/c1-9(2,3)14-7-6-13-5-4-8(12)11-10/h4-7,10H2,1-3H3,(H,11,12). The Hall–Kier alpha value is -0.650. The third-order valence-electron chi connectivity index (χ3n) is 1.40. The molecule has 0 aliphatic rings. The molecule has 0 unspecified atom stereocenters. The summed E-state index contributed by atoms with van der Waals surface area (Å²) in [4.78, 5) is 10.7. The Morgan fingerprint density at radius 2 is 1.93 bits per heavy atom. The Kier molecular flexibility index (Phi) is 6.44. The first-order valence-corrected chi connectivity index (χ1v) is 4.67. The molecule has 0 spiro atoms. The van der Waals surface area contributed by atoms with Crippen LogP contribution >= 0.6 is 0 Å². The Balaban J connectivity index is 3.18. The molecule has 0 aromatic carbocycles. The summed E-state index contributed by atoms with van der Waals surface area (Å²) < 4.78 is 10.6. The maximum absolute atomic E-state index is 10.7. The molecule has 0 aromatic heterocycles. The van der Waals surface area contributed by atoms with Gasteiger partial charge in [-0.15, -0.1) is 0 Å². The molecule has 0 saturated carbocycles. The predicted molar refractivity (Wildman–Crippen MR) is 53.5 cm³/mol. The van der Waals surface area contributed by atoms with Crippen molar-refractivity contribution in [3.05, 3.63) is 0 Å². The van der Waals surface area contributed by atoms with Gasteiger partial charge < -0.3 is 9.47 Å². The summed E-state index contributed by atoms with van der Waals surface area (Å²) in [5.41, 5.74) is 1.89. The van der Waals surface area contributed by atoms with E-state index >= 15 is 0 Å². The average Bonchev–Trinajstić information content (AvgIpc) is 2.08. The Morgan fingerprint density at radius 1 is 1.29 bits per heavy atom. The minimum absolute atomic E-state index is 0.141. The lowest BCUT2D eigenvalue weighted by Gasteiger charge is -2.19. The molecule has 0 aliphatic heterocycles. The molecule has 3 N–H and O–H groups in total. The van der Waals surface area contributed by atoms with Crippen LogP contribution in [0.25, 0.3) is 0 Å². The van der Waals surface area contributed by atoms with Crippen molar-refractivity contribution in [1.82, 2.24) is 5.43 Å². The molecule has 0 bridgehead atoms. The van der Waals surface area contributed by atoms with Gasteiger partial charge in [-0.2, -0.15) is 0 Å². The highest BCUT2D eigenvalue weighted by molar-refractivity contribution is 5.75. The molecule has 0 aliphatic carbocycles. The normalized spacial score (nSPS) is 11.4. The number of amides is 1. The van der Waals surface area contributed by atoms with Crippen molar-refractivity contribution in [2.45, 2.75) is 32.8 Å². The summed E-state index contributed by atoms with van der Waals surface area (Å²) >= 11 is 0. The number of nitrogens with two attached hydrogens (primary N) is 1. The van der Waals surface area contributed by atoms with Gasteiger partial charge in [0.05, 0.1) is 31.8 Å². The van der Waals surface area contributed by atoms with Crippen LogP contribution in [-0.2, 0) is 14.3 Å². The lowest BCUT2D eigenvalue weighted by atomic mass is 10.2. The number of nitrogens with one attached hydrogen (secondary N) is 1. The van der Waals surface area contributed by atoms with Gasteiger partial charge in [-0.3, -0.25) is 10.2 Å². The second-order valence-corrected chi connectivity index (χ2v) is 3.89. The molecule has 5 nitrogen and oxygen atoms in total. The van der Waals surface area contributed by atoms with E-state index in [2.05, 4.69) is 0 Å². The van der Waals surface area contributed by atoms with E-state index in [0.29, 0.717) is 19.8 Å². The van der Waals surface area contributed by atoms with E-state index in [-0.39, 0.29) is 17.9 Å². The number of ether oxygens (including phenoxy) is 2. The van der Waals surface area contributed by atoms with Gasteiger partial charge in [0.1, 0.15) is 0 Å². The summed E-state index contributed by atoms with van der Waals surface area (Å²) in [5, 5.41) is 0. The first-order chi connectivity index (χ1) is 6.45. The maximum Gasteiger partial charge on any atom is 0.236 e. The van der Waals surface area contributed by atoms with Crippen LogP contribution in [-0.4, -0.2) is 31.3 Å². The molecule has 5 heteroatoms. The summed E-state index contributed by atoms with van der Waals surface area (Å²) in [5.74, 6) is 4.67. The van der Waals surface area contributed by atoms with Gasteiger partial charge in [-0.25, -0.2) is 5.84 Å². The van der Waals surface area contributed by atoms with E-state index in [0.717, 1.165) is 0 Å². The van der Waals surface area contributed by atoms with Crippen LogP contribution in [0.5, 0.6) is 0 Å². The van der Waals surface area contributed by atoms with Crippen LogP contribution in [0.1, 0.15) is 27.2 Å². The van der Waals surface area contributed by atoms with Crippen molar-refractivity contribution >= 4 is 5.91 Å².